The Morgan fingerprint density at radius 1 is 1.04 bits per heavy atom. The van der Waals surface area contributed by atoms with Crippen LogP contribution in [0.5, 0.6) is 5.75 Å². The lowest BCUT2D eigenvalue weighted by atomic mass is 10.3. The molecule has 8 heteroatoms. The van der Waals surface area contributed by atoms with Crippen LogP contribution in [0.3, 0.4) is 0 Å². The highest BCUT2D eigenvalue weighted by molar-refractivity contribution is 5.90. The molecule has 1 aromatic carbocycles. The van der Waals surface area contributed by atoms with E-state index in [4.69, 9.17) is 9.57 Å². The van der Waals surface area contributed by atoms with E-state index < -0.39 is 12.1 Å². The van der Waals surface area contributed by atoms with E-state index in [-0.39, 0.29) is 17.2 Å². The number of carbonyl (C=O) groups excluding carboxylic acids is 3. The van der Waals surface area contributed by atoms with Gasteiger partial charge < -0.3 is 14.9 Å². The number of pyridine rings is 1. The number of hydrogen-bond acceptors (Lipinski definition) is 6. The average molecular weight is 329 g/mol. The molecule has 1 heterocycles. The first-order valence-electron chi connectivity index (χ1n) is 6.91. The molecule has 8 nitrogen and oxygen atoms in total. The Bertz CT molecular complexity index is 731. The molecular weight excluding hydrogens is 314 g/mol. The number of benzene rings is 1. The van der Waals surface area contributed by atoms with E-state index in [1.807, 2.05) is 0 Å². The van der Waals surface area contributed by atoms with Gasteiger partial charge in [0.15, 0.2) is 0 Å². The van der Waals surface area contributed by atoms with Crippen molar-refractivity contribution >= 4 is 23.7 Å². The maximum Gasteiger partial charge on any atom is 0.448 e. The SMILES string of the molecule is CC(=O)Nc1ccc(OC(=O)N(C)OC(=O)c2ccncc2)cc1. The fourth-order valence-corrected chi connectivity index (χ4v) is 1.68. The molecule has 0 radical (unpaired) electrons. The van der Waals surface area contributed by atoms with Gasteiger partial charge in [-0.15, -0.1) is 5.06 Å². The van der Waals surface area contributed by atoms with E-state index in [0.29, 0.717) is 10.8 Å². The molecule has 0 bridgehead atoms. The molecule has 2 amide bonds. The minimum atomic E-state index is -0.871. The second-order valence-corrected chi connectivity index (χ2v) is 4.69. The Hall–Kier alpha value is -3.42. The van der Waals surface area contributed by atoms with Gasteiger partial charge in [-0.05, 0) is 36.4 Å². The van der Waals surface area contributed by atoms with Gasteiger partial charge in [-0.1, -0.05) is 0 Å². The molecule has 0 unspecified atom stereocenters. The molecule has 0 saturated heterocycles. The number of ether oxygens (including phenoxy) is 1. The molecule has 24 heavy (non-hydrogen) atoms. The highest BCUT2D eigenvalue weighted by Crippen LogP contribution is 2.16. The van der Waals surface area contributed by atoms with Gasteiger partial charge in [0.1, 0.15) is 5.75 Å². The Balaban J connectivity index is 1.91. The molecule has 0 aliphatic carbocycles. The summed E-state index contributed by atoms with van der Waals surface area (Å²) in [6, 6.07) is 9.08. The first-order valence-corrected chi connectivity index (χ1v) is 6.91. The summed E-state index contributed by atoms with van der Waals surface area (Å²) in [4.78, 5) is 43.3. The summed E-state index contributed by atoms with van der Waals surface area (Å²) in [5.74, 6) is -0.679. The maximum atomic E-state index is 11.9. The van der Waals surface area contributed by atoms with E-state index in [1.165, 1.54) is 50.6 Å². The Labute approximate surface area is 138 Å². The topological polar surface area (TPSA) is 97.8 Å². The van der Waals surface area contributed by atoms with Crippen LogP contribution in [-0.2, 0) is 9.63 Å². The first-order chi connectivity index (χ1) is 11.5. The first kappa shape index (κ1) is 16.9. The molecule has 0 saturated carbocycles. The summed E-state index contributed by atoms with van der Waals surface area (Å²) in [7, 11) is 1.26. The molecule has 1 N–H and O–H groups in total. The molecule has 0 aliphatic rings. The lowest BCUT2D eigenvalue weighted by Gasteiger charge is -2.15. The van der Waals surface area contributed by atoms with Gasteiger partial charge in [0, 0.05) is 25.0 Å². The molecular formula is C16H15N3O5. The number of hydroxylamine groups is 2. The van der Waals surface area contributed by atoms with Crippen molar-refractivity contribution in [3.05, 3.63) is 54.4 Å². The monoisotopic (exact) mass is 329 g/mol. The fourth-order valence-electron chi connectivity index (χ4n) is 1.68. The van der Waals surface area contributed by atoms with Crippen molar-refractivity contribution in [2.45, 2.75) is 6.92 Å². The van der Waals surface area contributed by atoms with Gasteiger partial charge in [0.25, 0.3) is 0 Å². The lowest BCUT2D eigenvalue weighted by molar-refractivity contribution is -0.114. The number of hydrogen-bond donors (Lipinski definition) is 1. The number of carbonyl (C=O) groups is 3. The van der Waals surface area contributed by atoms with Crippen molar-refractivity contribution < 1.29 is 24.0 Å². The Morgan fingerprint density at radius 2 is 1.67 bits per heavy atom. The zero-order valence-corrected chi connectivity index (χ0v) is 13.1. The standard InChI is InChI=1S/C16H15N3O5/c1-11(20)18-13-3-5-14(6-4-13)23-16(22)19(2)24-15(21)12-7-9-17-10-8-12/h3-10H,1-2H3,(H,18,20). The minimum Gasteiger partial charge on any atom is -0.408 e. The maximum absolute atomic E-state index is 11.9. The predicted octanol–water partition coefficient (Wildman–Crippen LogP) is 2.24. The van der Waals surface area contributed by atoms with Gasteiger partial charge in [0.05, 0.1) is 12.6 Å². The molecule has 0 atom stereocenters. The zero-order valence-electron chi connectivity index (χ0n) is 13.1. The molecule has 1 aromatic heterocycles. The van der Waals surface area contributed by atoms with Crippen LogP contribution >= 0.6 is 0 Å². The highest BCUT2D eigenvalue weighted by Gasteiger charge is 2.17. The summed E-state index contributed by atoms with van der Waals surface area (Å²) in [5.41, 5.74) is 0.823. The molecule has 2 rings (SSSR count). The summed E-state index contributed by atoms with van der Waals surface area (Å²) < 4.78 is 5.06. The second-order valence-electron chi connectivity index (χ2n) is 4.69. The van der Waals surface area contributed by atoms with Crippen molar-refractivity contribution in [2.75, 3.05) is 12.4 Å². The van der Waals surface area contributed by atoms with Crippen LogP contribution in [0.25, 0.3) is 0 Å². The van der Waals surface area contributed by atoms with E-state index in [2.05, 4.69) is 10.3 Å². The van der Waals surface area contributed by atoms with Gasteiger partial charge in [-0.3, -0.25) is 9.78 Å². The van der Waals surface area contributed by atoms with Crippen molar-refractivity contribution in [3.8, 4) is 5.75 Å². The molecule has 0 fully saturated rings. The van der Waals surface area contributed by atoms with Gasteiger partial charge >= 0.3 is 12.1 Å². The fraction of sp³-hybridized carbons (Fsp3) is 0.125. The number of nitrogens with zero attached hydrogens (tertiary/aromatic N) is 2. The predicted molar refractivity (Wildman–Crippen MR) is 84.2 cm³/mol. The van der Waals surface area contributed by atoms with Crippen LogP contribution in [0.1, 0.15) is 17.3 Å². The van der Waals surface area contributed by atoms with Crippen molar-refractivity contribution in [2.24, 2.45) is 0 Å². The van der Waals surface area contributed by atoms with E-state index in [9.17, 15) is 14.4 Å². The van der Waals surface area contributed by atoms with Crippen LogP contribution in [0.4, 0.5) is 10.5 Å². The normalized spacial score (nSPS) is 9.75. The highest BCUT2D eigenvalue weighted by atomic mass is 16.7. The smallest absolute Gasteiger partial charge is 0.408 e. The van der Waals surface area contributed by atoms with Crippen molar-refractivity contribution in [1.29, 1.82) is 0 Å². The summed E-state index contributed by atoms with van der Waals surface area (Å²) >= 11 is 0. The van der Waals surface area contributed by atoms with Crippen LogP contribution in [0, 0.1) is 0 Å². The van der Waals surface area contributed by atoms with E-state index in [1.54, 1.807) is 12.1 Å². The Morgan fingerprint density at radius 3 is 2.25 bits per heavy atom. The van der Waals surface area contributed by atoms with Crippen LogP contribution in [0.15, 0.2) is 48.8 Å². The third kappa shape index (κ3) is 4.80. The molecule has 124 valence electrons. The number of aromatic nitrogens is 1. The number of nitrogens with one attached hydrogen (secondary N) is 1. The average Bonchev–Trinajstić information content (AvgIpc) is 2.56. The van der Waals surface area contributed by atoms with Crippen LogP contribution in [0.2, 0.25) is 0 Å². The lowest BCUT2D eigenvalue weighted by Crippen LogP contribution is -2.32. The summed E-state index contributed by atoms with van der Waals surface area (Å²) in [6.45, 7) is 1.39. The van der Waals surface area contributed by atoms with Crippen molar-refractivity contribution in [3.63, 3.8) is 0 Å². The summed E-state index contributed by atoms with van der Waals surface area (Å²) in [5, 5.41) is 3.27. The number of amides is 2. The number of anilines is 1. The molecule has 2 aromatic rings. The van der Waals surface area contributed by atoms with Gasteiger partial charge in [-0.25, -0.2) is 9.59 Å². The molecule has 0 aliphatic heterocycles. The zero-order chi connectivity index (χ0) is 17.5. The number of rotatable bonds is 3. The van der Waals surface area contributed by atoms with Crippen molar-refractivity contribution in [1.82, 2.24) is 10.0 Å². The Kier molecular flexibility index (Phi) is 5.45. The van der Waals surface area contributed by atoms with Crippen LogP contribution < -0.4 is 10.1 Å². The second kappa shape index (κ2) is 7.73. The van der Waals surface area contributed by atoms with Gasteiger partial charge in [0.2, 0.25) is 5.91 Å². The van der Waals surface area contributed by atoms with E-state index in [0.717, 1.165) is 0 Å². The summed E-state index contributed by atoms with van der Waals surface area (Å²) in [6.07, 6.45) is 2.00. The molecule has 0 spiro atoms. The quantitative estimate of drug-likeness (QED) is 0.867. The largest absolute Gasteiger partial charge is 0.448 e. The minimum absolute atomic E-state index is 0.206. The van der Waals surface area contributed by atoms with Gasteiger partial charge in [-0.2, -0.15) is 0 Å². The van der Waals surface area contributed by atoms with Crippen LogP contribution in [-0.4, -0.2) is 35.1 Å². The third-order valence-electron chi connectivity index (χ3n) is 2.77. The third-order valence-corrected chi connectivity index (χ3v) is 2.77. The van der Waals surface area contributed by atoms with E-state index >= 15 is 0 Å².